The number of hydrogen-bond donors (Lipinski definition) is 2. The predicted octanol–water partition coefficient (Wildman–Crippen LogP) is 5.73. The van der Waals surface area contributed by atoms with E-state index >= 15 is 0 Å². The van der Waals surface area contributed by atoms with Crippen LogP contribution in [0.5, 0.6) is 17.2 Å². The number of nitrogens with zero attached hydrogens (tertiary/aromatic N) is 2. The lowest BCUT2D eigenvalue weighted by Crippen LogP contribution is -2.50. The zero-order chi connectivity index (χ0) is 32.6. The van der Waals surface area contributed by atoms with E-state index in [0.717, 1.165) is 37.5 Å². The third-order valence-electron chi connectivity index (χ3n) is 7.19. The number of benzene rings is 4. The van der Waals surface area contributed by atoms with Gasteiger partial charge in [-0.3, -0.25) is 14.5 Å². The second-order valence-corrected chi connectivity index (χ2v) is 10.8. The summed E-state index contributed by atoms with van der Waals surface area (Å²) in [6, 6.07) is 30.8. The van der Waals surface area contributed by atoms with E-state index in [1.165, 1.54) is 17.8 Å². The number of rotatable bonds is 13. The van der Waals surface area contributed by atoms with Crippen molar-refractivity contribution in [1.82, 2.24) is 10.2 Å². The van der Waals surface area contributed by atoms with E-state index in [2.05, 4.69) is 32.6 Å². The average molecular weight is 629 g/mol. The second kappa shape index (κ2) is 18.1. The van der Waals surface area contributed by atoms with Crippen molar-refractivity contribution in [2.24, 2.45) is 0 Å². The quantitative estimate of drug-likeness (QED) is 0.183. The van der Waals surface area contributed by atoms with Gasteiger partial charge in [0.15, 0.2) is 0 Å². The van der Waals surface area contributed by atoms with Crippen molar-refractivity contribution in [3.63, 3.8) is 0 Å². The van der Waals surface area contributed by atoms with Gasteiger partial charge in [-0.25, -0.2) is 4.39 Å². The molecule has 9 nitrogen and oxygen atoms in total. The highest BCUT2D eigenvalue weighted by molar-refractivity contribution is 5.78. The van der Waals surface area contributed by atoms with E-state index in [-0.39, 0.29) is 17.8 Å². The van der Waals surface area contributed by atoms with Gasteiger partial charge in [0.1, 0.15) is 23.1 Å². The van der Waals surface area contributed by atoms with Gasteiger partial charge in [-0.1, -0.05) is 30.3 Å². The van der Waals surface area contributed by atoms with Crippen LogP contribution in [0.4, 0.5) is 15.8 Å². The Hall–Kier alpha value is -4.93. The molecule has 0 radical (unpaired) electrons. The van der Waals surface area contributed by atoms with Crippen LogP contribution < -0.4 is 25.0 Å². The third-order valence-corrected chi connectivity index (χ3v) is 7.19. The minimum absolute atomic E-state index is 0.00759. The Bertz CT molecular complexity index is 1460. The Morgan fingerprint density at radius 1 is 0.848 bits per heavy atom. The normalized spacial score (nSPS) is 13.5. The van der Waals surface area contributed by atoms with Crippen LogP contribution in [-0.4, -0.2) is 69.7 Å². The minimum Gasteiger partial charge on any atom is -0.497 e. The molecule has 4 aromatic rings. The van der Waals surface area contributed by atoms with Crippen LogP contribution >= 0.6 is 0 Å². The molecule has 1 atom stereocenters. The Labute approximate surface area is 269 Å². The van der Waals surface area contributed by atoms with Crippen molar-refractivity contribution in [2.75, 3.05) is 56.7 Å². The van der Waals surface area contributed by atoms with Crippen LogP contribution in [0.3, 0.4) is 0 Å². The summed E-state index contributed by atoms with van der Waals surface area (Å²) in [4.78, 5) is 27.1. The first kappa shape index (κ1) is 34.0. The number of anilines is 2. The van der Waals surface area contributed by atoms with Gasteiger partial charge in [-0.15, -0.1) is 0 Å². The molecule has 1 fully saturated rings. The van der Waals surface area contributed by atoms with Crippen LogP contribution in [0.1, 0.15) is 12.5 Å². The molecule has 0 saturated carbocycles. The highest BCUT2D eigenvalue weighted by atomic mass is 19.1. The predicted molar refractivity (Wildman–Crippen MR) is 178 cm³/mol. The first-order valence-corrected chi connectivity index (χ1v) is 15.2. The Morgan fingerprint density at radius 2 is 1.46 bits per heavy atom. The molecule has 5 rings (SSSR count). The number of piperazine rings is 1. The zero-order valence-corrected chi connectivity index (χ0v) is 26.2. The molecule has 1 aliphatic heterocycles. The van der Waals surface area contributed by atoms with Gasteiger partial charge in [0, 0.05) is 43.6 Å². The molecule has 1 heterocycles. The standard InChI is InChI=1S/C23H31N3O3.C13H10FNO2/c1-19(17-29-18-20-6-4-3-5-7-20)24-23(27)16-25-12-14-26(15-13-25)21-8-10-22(28-2)11-9-21;14-10-1-5-12(6-2-10)17-13-7-3-11(4-8-13)15-9-16/h3-11,19H,12-18H2,1-2H3,(H,24,27);1-9H,(H,15,16)/t19-;/m1./s1. The second-order valence-electron chi connectivity index (χ2n) is 10.8. The molecule has 4 aromatic carbocycles. The van der Waals surface area contributed by atoms with Crippen molar-refractivity contribution in [1.29, 1.82) is 0 Å². The Kier molecular flexibility index (Phi) is 13.4. The number of halogens is 1. The van der Waals surface area contributed by atoms with Crippen molar-refractivity contribution in [3.8, 4) is 17.2 Å². The van der Waals surface area contributed by atoms with E-state index in [1.807, 2.05) is 49.4 Å². The first-order valence-electron chi connectivity index (χ1n) is 15.2. The lowest BCUT2D eigenvalue weighted by atomic mass is 10.2. The maximum atomic E-state index is 12.7. The van der Waals surface area contributed by atoms with E-state index in [1.54, 1.807) is 43.5 Å². The lowest BCUT2D eigenvalue weighted by molar-refractivity contribution is -0.123. The van der Waals surface area contributed by atoms with Crippen molar-refractivity contribution in [3.05, 3.63) is 115 Å². The van der Waals surface area contributed by atoms with Gasteiger partial charge in [-0.2, -0.15) is 0 Å². The van der Waals surface area contributed by atoms with Crippen LogP contribution in [-0.2, 0) is 20.9 Å². The number of carbonyl (C=O) groups is 2. The number of ether oxygens (including phenoxy) is 3. The molecular weight excluding hydrogens is 587 g/mol. The summed E-state index contributed by atoms with van der Waals surface area (Å²) >= 11 is 0. The molecule has 2 N–H and O–H groups in total. The highest BCUT2D eigenvalue weighted by Crippen LogP contribution is 2.23. The fourth-order valence-electron chi connectivity index (χ4n) is 4.78. The molecule has 46 heavy (non-hydrogen) atoms. The number of amides is 2. The smallest absolute Gasteiger partial charge is 0.234 e. The Morgan fingerprint density at radius 3 is 2.07 bits per heavy atom. The topological polar surface area (TPSA) is 92.4 Å². The number of carbonyl (C=O) groups excluding carboxylic acids is 2. The largest absolute Gasteiger partial charge is 0.497 e. The van der Waals surface area contributed by atoms with E-state index in [4.69, 9.17) is 14.2 Å². The van der Waals surface area contributed by atoms with Crippen LogP contribution in [0.15, 0.2) is 103 Å². The maximum Gasteiger partial charge on any atom is 0.234 e. The molecular formula is C36H41FN4O5. The summed E-state index contributed by atoms with van der Waals surface area (Å²) in [5, 5.41) is 5.56. The lowest BCUT2D eigenvalue weighted by Gasteiger charge is -2.35. The summed E-state index contributed by atoms with van der Waals surface area (Å²) in [7, 11) is 1.68. The molecule has 0 bridgehead atoms. The van der Waals surface area contributed by atoms with Crippen LogP contribution in [0, 0.1) is 5.82 Å². The van der Waals surface area contributed by atoms with Gasteiger partial charge >= 0.3 is 0 Å². The average Bonchev–Trinajstić information content (AvgIpc) is 3.08. The van der Waals surface area contributed by atoms with Crippen LogP contribution in [0.25, 0.3) is 0 Å². The van der Waals surface area contributed by atoms with Gasteiger partial charge in [0.05, 0.1) is 26.9 Å². The molecule has 10 heteroatoms. The van der Waals surface area contributed by atoms with Gasteiger partial charge in [-0.05, 0) is 85.3 Å². The van der Waals surface area contributed by atoms with Crippen molar-refractivity contribution < 1.29 is 28.2 Å². The monoisotopic (exact) mass is 628 g/mol. The van der Waals surface area contributed by atoms with Crippen molar-refractivity contribution >= 4 is 23.7 Å². The summed E-state index contributed by atoms with van der Waals surface area (Å²) < 4.78 is 29.1. The fraction of sp³-hybridized carbons (Fsp3) is 0.278. The molecule has 0 aliphatic carbocycles. The van der Waals surface area contributed by atoms with Crippen molar-refractivity contribution in [2.45, 2.75) is 19.6 Å². The summed E-state index contributed by atoms with van der Waals surface area (Å²) in [5.74, 6) is 1.79. The van der Waals surface area contributed by atoms with E-state index < -0.39 is 0 Å². The zero-order valence-electron chi connectivity index (χ0n) is 26.2. The molecule has 0 aromatic heterocycles. The maximum absolute atomic E-state index is 12.7. The number of methoxy groups -OCH3 is 1. The molecule has 0 unspecified atom stereocenters. The van der Waals surface area contributed by atoms with E-state index in [0.29, 0.717) is 43.4 Å². The molecule has 1 saturated heterocycles. The number of hydrogen-bond acceptors (Lipinski definition) is 7. The first-order chi connectivity index (χ1) is 22.4. The number of nitrogens with one attached hydrogen (secondary N) is 2. The summed E-state index contributed by atoms with van der Waals surface area (Å²) in [6.07, 6.45) is 0.607. The van der Waals surface area contributed by atoms with E-state index in [9.17, 15) is 14.0 Å². The molecule has 2 amide bonds. The van der Waals surface area contributed by atoms with Gasteiger partial charge in [0.2, 0.25) is 12.3 Å². The molecule has 1 aliphatic rings. The molecule has 242 valence electrons. The SMILES string of the molecule is COc1ccc(N2CCN(CC(=O)N[C@H](C)COCc3ccccc3)CC2)cc1.O=CNc1ccc(Oc2ccc(F)cc2)cc1. The minimum atomic E-state index is -0.303. The Balaban J connectivity index is 0.000000240. The summed E-state index contributed by atoms with van der Waals surface area (Å²) in [5.41, 5.74) is 3.02. The summed E-state index contributed by atoms with van der Waals surface area (Å²) in [6.45, 7) is 7.05. The third kappa shape index (κ3) is 11.5. The van der Waals surface area contributed by atoms with Crippen LogP contribution in [0.2, 0.25) is 0 Å². The van der Waals surface area contributed by atoms with Gasteiger partial charge < -0.3 is 29.7 Å². The highest BCUT2D eigenvalue weighted by Gasteiger charge is 2.20. The fourth-order valence-corrected chi connectivity index (χ4v) is 4.78. The molecule has 0 spiro atoms. The van der Waals surface area contributed by atoms with Gasteiger partial charge in [0.25, 0.3) is 0 Å².